The van der Waals surface area contributed by atoms with Crippen LogP contribution >= 0.6 is 0 Å². The Balaban J connectivity index is 2.40. The van der Waals surface area contributed by atoms with Crippen molar-refractivity contribution in [2.24, 2.45) is 5.41 Å². The first-order chi connectivity index (χ1) is 4.75. The van der Waals surface area contributed by atoms with Gasteiger partial charge in [0.1, 0.15) is 0 Å². The Morgan fingerprint density at radius 3 is 2.40 bits per heavy atom. The highest BCUT2D eigenvalue weighted by Gasteiger charge is 2.50. The average Bonchev–Trinajstić information content (AvgIpc) is 2.68. The van der Waals surface area contributed by atoms with Gasteiger partial charge in [-0.3, -0.25) is 4.79 Å². The van der Waals surface area contributed by atoms with E-state index in [1.54, 1.807) is 0 Å². The van der Waals surface area contributed by atoms with E-state index in [1.807, 2.05) is 0 Å². The largest absolute Gasteiger partial charge is 0.438 e. The van der Waals surface area contributed by atoms with E-state index in [2.05, 4.69) is 4.74 Å². The lowest BCUT2D eigenvalue weighted by molar-refractivity contribution is -0.160. The van der Waals surface area contributed by atoms with Gasteiger partial charge < -0.3 is 14.9 Å². The maximum Gasteiger partial charge on any atom is 0.316 e. The molecule has 1 rings (SSSR count). The van der Waals surface area contributed by atoms with Crippen LogP contribution in [0.2, 0.25) is 0 Å². The zero-order valence-corrected chi connectivity index (χ0v) is 5.54. The fourth-order valence-corrected chi connectivity index (χ4v) is 0.789. The molecule has 0 aromatic carbocycles. The third kappa shape index (κ3) is 1.12. The molecule has 58 valence electrons. The molecule has 0 atom stereocenters. The molecule has 2 N–H and O–H groups in total. The molecule has 0 saturated heterocycles. The molecule has 1 saturated carbocycles. The molecule has 0 heterocycles. The van der Waals surface area contributed by atoms with Crippen molar-refractivity contribution in [2.45, 2.75) is 12.8 Å². The van der Waals surface area contributed by atoms with Gasteiger partial charge in [0.2, 0.25) is 0 Å². The number of esters is 1. The number of rotatable bonds is 3. The highest BCUT2D eigenvalue weighted by molar-refractivity contribution is 5.79. The first-order valence-corrected chi connectivity index (χ1v) is 3.14. The maximum absolute atomic E-state index is 10.8. The number of hydrogen-bond acceptors (Lipinski definition) is 4. The minimum Gasteiger partial charge on any atom is -0.438 e. The molecule has 4 nitrogen and oxygen atoms in total. The molecule has 0 aliphatic heterocycles. The summed E-state index contributed by atoms with van der Waals surface area (Å²) in [6.07, 6.45) is 1.34. The van der Waals surface area contributed by atoms with Crippen molar-refractivity contribution in [1.82, 2.24) is 0 Å². The van der Waals surface area contributed by atoms with Crippen LogP contribution in [0.15, 0.2) is 0 Å². The lowest BCUT2D eigenvalue weighted by Crippen LogP contribution is -2.22. The normalized spacial score (nSPS) is 20.2. The van der Waals surface area contributed by atoms with Gasteiger partial charge in [-0.15, -0.1) is 0 Å². The molecular formula is C6H10O4. The van der Waals surface area contributed by atoms with E-state index in [4.69, 9.17) is 10.2 Å². The second-order valence-electron chi connectivity index (χ2n) is 2.50. The summed E-state index contributed by atoms with van der Waals surface area (Å²) in [5, 5.41) is 16.9. The fourth-order valence-electron chi connectivity index (χ4n) is 0.789. The molecular weight excluding hydrogens is 136 g/mol. The van der Waals surface area contributed by atoms with Crippen molar-refractivity contribution < 1.29 is 19.7 Å². The Labute approximate surface area is 58.4 Å². The van der Waals surface area contributed by atoms with Crippen molar-refractivity contribution in [3.63, 3.8) is 0 Å². The predicted molar refractivity (Wildman–Crippen MR) is 31.9 cm³/mol. The van der Waals surface area contributed by atoms with Gasteiger partial charge in [0.25, 0.3) is 0 Å². The van der Waals surface area contributed by atoms with Gasteiger partial charge in [-0.25, -0.2) is 0 Å². The average molecular weight is 146 g/mol. The van der Waals surface area contributed by atoms with Crippen molar-refractivity contribution in [2.75, 3.05) is 13.4 Å². The molecule has 1 aliphatic rings. The molecule has 4 heteroatoms. The first-order valence-electron chi connectivity index (χ1n) is 3.14. The minimum absolute atomic E-state index is 0.175. The van der Waals surface area contributed by atoms with Gasteiger partial charge in [0.15, 0.2) is 6.79 Å². The summed E-state index contributed by atoms with van der Waals surface area (Å²) in [4.78, 5) is 10.8. The number of carbonyl (C=O) groups is 1. The van der Waals surface area contributed by atoms with Crippen LogP contribution < -0.4 is 0 Å². The molecule has 1 fully saturated rings. The highest BCUT2D eigenvalue weighted by atomic mass is 16.6. The summed E-state index contributed by atoms with van der Waals surface area (Å²) in [5.74, 6) is -0.488. The fraction of sp³-hybridized carbons (Fsp3) is 0.833. The molecule has 10 heavy (non-hydrogen) atoms. The molecule has 0 radical (unpaired) electrons. The van der Waals surface area contributed by atoms with E-state index in [9.17, 15) is 4.79 Å². The Morgan fingerprint density at radius 2 is 2.10 bits per heavy atom. The van der Waals surface area contributed by atoms with E-state index >= 15 is 0 Å². The summed E-state index contributed by atoms with van der Waals surface area (Å²) in [6, 6.07) is 0. The number of aliphatic hydroxyl groups is 2. The van der Waals surface area contributed by atoms with Gasteiger partial charge in [-0.1, -0.05) is 0 Å². The van der Waals surface area contributed by atoms with Gasteiger partial charge >= 0.3 is 5.97 Å². The number of hydrogen-bond donors (Lipinski definition) is 2. The molecule has 0 spiro atoms. The summed E-state index contributed by atoms with van der Waals surface area (Å²) < 4.78 is 4.32. The van der Waals surface area contributed by atoms with Crippen LogP contribution in [0.3, 0.4) is 0 Å². The van der Waals surface area contributed by atoms with Gasteiger partial charge in [0.05, 0.1) is 12.0 Å². The van der Waals surface area contributed by atoms with E-state index < -0.39 is 18.2 Å². The predicted octanol–water partition coefficient (Wildman–Crippen LogP) is -0.748. The molecule has 0 aromatic heterocycles. The Hall–Kier alpha value is -0.610. The van der Waals surface area contributed by atoms with E-state index in [0.717, 1.165) is 0 Å². The summed E-state index contributed by atoms with van der Waals surface area (Å²) >= 11 is 0. The second-order valence-corrected chi connectivity index (χ2v) is 2.50. The zero-order valence-electron chi connectivity index (χ0n) is 5.54. The number of ether oxygens (including phenoxy) is 1. The maximum atomic E-state index is 10.8. The second kappa shape index (κ2) is 2.56. The summed E-state index contributed by atoms with van der Waals surface area (Å²) in [5.41, 5.74) is -0.664. The Bertz CT molecular complexity index is 139. The Morgan fingerprint density at radius 1 is 1.50 bits per heavy atom. The van der Waals surface area contributed by atoms with Crippen LogP contribution in [-0.2, 0) is 9.53 Å². The van der Waals surface area contributed by atoms with Crippen molar-refractivity contribution in [3.8, 4) is 0 Å². The zero-order chi connectivity index (χ0) is 7.61. The molecule has 0 amide bonds. The minimum atomic E-state index is -0.664. The SMILES string of the molecule is O=C(OCO)C1(CO)CC1. The molecule has 0 bridgehead atoms. The lowest BCUT2D eigenvalue weighted by Gasteiger charge is -2.08. The smallest absolute Gasteiger partial charge is 0.316 e. The van der Waals surface area contributed by atoms with Gasteiger partial charge in [-0.2, -0.15) is 0 Å². The van der Waals surface area contributed by atoms with Gasteiger partial charge in [0, 0.05) is 0 Å². The van der Waals surface area contributed by atoms with Crippen LogP contribution in [0.4, 0.5) is 0 Å². The molecule has 1 aliphatic carbocycles. The van der Waals surface area contributed by atoms with Gasteiger partial charge in [-0.05, 0) is 12.8 Å². The topological polar surface area (TPSA) is 66.8 Å². The number of carbonyl (C=O) groups excluding carboxylic acids is 1. The Kier molecular flexibility index (Phi) is 1.92. The van der Waals surface area contributed by atoms with E-state index in [1.165, 1.54) is 0 Å². The van der Waals surface area contributed by atoms with Crippen molar-refractivity contribution >= 4 is 5.97 Å². The van der Waals surface area contributed by atoms with E-state index in [-0.39, 0.29) is 6.61 Å². The standard InChI is InChI=1S/C6H10O4/c7-3-6(1-2-6)5(9)10-4-8/h7-8H,1-4H2. The van der Waals surface area contributed by atoms with Crippen LogP contribution in [0.5, 0.6) is 0 Å². The van der Waals surface area contributed by atoms with Crippen LogP contribution in [0.1, 0.15) is 12.8 Å². The third-order valence-electron chi connectivity index (χ3n) is 1.78. The summed E-state index contributed by atoms with van der Waals surface area (Å²) in [6.45, 7) is -0.771. The quantitative estimate of drug-likeness (QED) is 0.406. The summed E-state index contributed by atoms with van der Waals surface area (Å²) in [7, 11) is 0. The molecule has 0 aromatic rings. The van der Waals surface area contributed by atoms with Crippen LogP contribution in [0, 0.1) is 5.41 Å². The third-order valence-corrected chi connectivity index (χ3v) is 1.78. The molecule has 0 unspecified atom stereocenters. The highest BCUT2D eigenvalue weighted by Crippen LogP contribution is 2.45. The monoisotopic (exact) mass is 146 g/mol. The van der Waals surface area contributed by atoms with Crippen LogP contribution in [0.25, 0.3) is 0 Å². The number of aliphatic hydroxyl groups excluding tert-OH is 2. The van der Waals surface area contributed by atoms with Crippen molar-refractivity contribution in [1.29, 1.82) is 0 Å². The van der Waals surface area contributed by atoms with Crippen molar-refractivity contribution in [3.05, 3.63) is 0 Å². The van der Waals surface area contributed by atoms with E-state index in [0.29, 0.717) is 12.8 Å². The lowest BCUT2D eigenvalue weighted by atomic mass is 10.1. The van der Waals surface area contributed by atoms with Crippen LogP contribution in [-0.4, -0.2) is 29.6 Å². The first kappa shape index (κ1) is 7.50.